The van der Waals surface area contributed by atoms with Gasteiger partial charge >= 0.3 is 6.09 Å². The van der Waals surface area contributed by atoms with Gasteiger partial charge in [-0.25, -0.2) is 4.79 Å². The maximum absolute atomic E-state index is 12.7. The number of anilines is 1. The van der Waals surface area contributed by atoms with Crippen molar-refractivity contribution in [1.82, 2.24) is 4.57 Å². The molecule has 0 radical (unpaired) electrons. The van der Waals surface area contributed by atoms with Gasteiger partial charge in [0.05, 0.1) is 0 Å². The van der Waals surface area contributed by atoms with E-state index < -0.39 is 6.09 Å². The Morgan fingerprint density at radius 2 is 1.44 bits per heavy atom. The van der Waals surface area contributed by atoms with Crippen molar-refractivity contribution in [2.75, 3.05) is 11.9 Å². The maximum atomic E-state index is 12.7. The number of para-hydroxylation sites is 2. The van der Waals surface area contributed by atoms with E-state index in [4.69, 9.17) is 4.84 Å². The van der Waals surface area contributed by atoms with Crippen molar-refractivity contribution in [1.29, 1.82) is 0 Å². The number of carbonyl (C=O) groups excluding carboxylic acids is 1. The van der Waals surface area contributed by atoms with Crippen LogP contribution in [0.2, 0.25) is 0 Å². The molecule has 1 aromatic heterocycles. The molecular formula is C29H25N3O2. The number of hydrogen-bond donors (Lipinski definition) is 0. The minimum absolute atomic E-state index is 0.553. The van der Waals surface area contributed by atoms with Crippen molar-refractivity contribution in [3.63, 3.8) is 0 Å². The molecule has 34 heavy (non-hydrogen) atoms. The number of hydrogen-bond acceptors (Lipinski definition) is 3. The fraction of sp³-hybridized carbons (Fsp3) is 0.103. The first-order chi connectivity index (χ1) is 16.7. The zero-order valence-corrected chi connectivity index (χ0v) is 19.2. The lowest BCUT2D eigenvalue weighted by molar-refractivity contribution is 0.160. The molecule has 0 aliphatic rings. The summed E-state index contributed by atoms with van der Waals surface area (Å²) in [5.41, 5.74) is 5.46. The Hall–Kier alpha value is -4.38. The van der Waals surface area contributed by atoms with Crippen LogP contribution >= 0.6 is 0 Å². The molecule has 0 aliphatic carbocycles. The molecule has 0 saturated heterocycles. The fourth-order valence-electron chi connectivity index (χ4n) is 4.31. The summed E-state index contributed by atoms with van der Waals surface area (Å²) < 4.78 is 2.31. The van der Waals surface area contributed by atoms with E-state index in [2.05, 4.69) is 53.0 Å². The van der Waals surface area contributed by atoms with Gasteiger partial charge in [-0.05, 0) is 37.3 Å². The van der Waals surface area contributed by atoms with Gasteiger partial charge in [0.25, 0.3) is 0 Å². The van der Waals surface area contributed by atoms with Crippen LogP contribution in [-0.2, 0) is 11.4 Å². The fourth-order valence-corrected chi connectivity index (χ4v) is 4.31. The molecule has 0 unspecified atom stereocenters. The maximum Gasteiger partial charge on any atom is 0.440 e. The molecule has 4 aromatic carbocycles. The van der Waals surface area contributed by atoms with Crippen molar-refractivity contribution in [2.24, 2.45) is 5.16 Å². The molecular weight excluding hydrogens is 422 g/mol. The van der Waals surface area contributed by atoms with Gasteiger partial charge in [-0.15, -0.1) is 0 Å². The second-order valence-electron chi connectivity index (χ2n) is 8.05. The largest absolute Gasteiger partial charge is 0.440 e. The number of fused-ring (bicyclic) bond motifs is 3. The molecule has 5 heteroatoms. The van der Waals surface area contributed by atoms with Gasteiger partial charge in [-0.1, -0.05) is 78.0 Å². The average Bonchev–Trinajstić information content (AvgIpc) is 3.22. The van der Waals surface area contributed by atoms with E-state index >= 15 is 0 Å². The first-order valence-corrected chi connectivity index (χ1v) is 11.3. The van der Waals surface area contributed by atoms with Gasteiger partial charge in [0.2, 0.25) is 0 Å². The summed E-state index contributed by atoms with van der Waals surface area (Å²) >= 11 is 0. The van der Waals surface area contributed by atoms with Crippen molar-refractivity contribution in [3.8, 4) is 0 Å². The van der Waals surface area contributed by atoms with Crippen LogP contribution in [-0.4, -0.2) is 23.4 Å². The topological polar surface area (TPSA) is 46.8 Å². The molecule has 5 nitrogen and oxygen atoms in total. The van der Waals surface area contributed by atoms with Crippen molar-refractivity contribution < 1.29 is 9.63 Å². The number of nitrogens with zero attached hydrogens (tertiary/aromatic N) is 3. The molecule has 0 bridgehead atoms. The van der Waals surface area contributed by atoms with Gasteiger partial charge in [-0.3, -0.25) is 9.74 Å². The van der Waals surface area contributed by atoms with E-state index in [0.29, 0.717) is 5.71 Å². The van der Waals surface area contributed by atoms with E-state index in [1.807, 2.05) is 66.7 Å². The molecule has 168 valence electrons. The van der Waals surface area contributed by atoms with E-state index in [1.165, 1.54) is 21.3 Å². The number of aromatic nitrogens is 1. The summed E-state index contributed by atoms with van der Waals surface area (Å²) in [6, 6.07) is 33.8. The highest BCUT2D eigenvalue weighted by molar-refractivity contribution is 6.17. The van der Waals surface area contributed by atoms with Crippen molar-refractivity contribution in [2.45, 2.75) is 13.5 Å². The first kappa shape index (κ1) is 21.5. The van der Waals surface area contributed by atoms with Gasteiger partial charge < -0.3 is 4.57 Å². The number of oxime groups is 1. The van der Waals surface area contributed by atoms with E-state index in [9.17, 15) is 4.79 Å². The Kier molecular flexibility index (Phi) is 5.83. The monoisotopic (exact) mass is 447 g/mol. The van der Waals surface area contributed by atoms with Gasteiger partial charge in [-0.2, -0.15) is 0 Å². The Morgan fingerprint density at radius 3 is 2.18 bits per heavy atom. The molecule has 0 aliphatic heterocycles. The minimum Gasteiger partial charge on any atom is -0.341 e. The Balaban J connectivity index is 1.58. The third-order valence-electron chi connectivity index (χ3n) is 6.04. The molecule has 0 atom stereocenters. The van der Waals surface area contributed by atoms with Crippen molar-refractivity contribution in [3.05, 3.63) is 114 Å². The lowest BCUT2D eigenvalue weighted by atomic mass is 10.0. The van der Waals surface area contributed by atoms with Crippen LogP contribution in [0, 0.1) is 0 Å². The number of aryl methyl sites for hydroxylation is 1. The second kappa shape index (κ2) is 9.24. The summed E-state index contributed by atoms with van der Waals surface area (Å²) in [4.78, 5) is 19.6. The summed E-state index contributed by atoms with van der Waals surface area (Å²) in [5.74, 6) is 0. The predicted molar refractivity (Wildman–Crippen MR) is 139 cm³/mol. The quantitative estimate of drug-likeness (QED) is 0.168. The Labute approximate surface area is 198 Å². The van der Waals surface area contributed by atoms with Gasteiger partial charge in [0, 0.05) is 52.2 Å². The molecule has 0 saturated carbocycles. The summed E-state index contributed by atoms with van der Waals surface area (Å²) in [6.07, 6.45) is -0.553. The highest BCUT2D eigenvalue weighted by Crippen LogP contribution is 2.30. The smallest absolute Gasteiger partial charge is 0.341 e. The van der Waals surface area contributed by atoms with Crippen LogP contribution in [0.25, 0.3) is 21.8 Å². The second-order valence-corrected chi connectivity index (χ2v) is 8.05. The summed E-state index contributed by atoms with van der Waals surface area (Å²) in [5, 5.41) is 6.68. The third kappa shape index (κ3) is 3.92. The predicted octanol–water partition coefficient (Wildman–Crippen LogP) is 6.84. The van der Waals surface area contributed by atoms with Crippen LogP contribution in [0.5, 0.6) is 0 Å². The standard InChI is InChI=1S/C29H25N3O2/c1-3-32-26-17-11-10-16-24(26)25-20-22(18-19-27(25)32)28(21-12-6-4-7-13-21)30-34-29(33)31(2)23-14-8-5-9-15-23/h4-20H,3H2,1-2H3. The van der Waals surface area contributed by atoms with E-state index in [0.717, 1.165) is 28.7 Å². The van der Waals surface area contributed by atoms with E-state index in [-0.39, 0.29) is 0 Å². The lowest BCUT2D eigenvalue weighted by Gasteiger charge is -2.15. The van der Waals surface area contributed by atoms with Crippen LogP contribution < -0.4 is 4.90 Å². The van der Waals surface area contributed by atoms with Crippen molar-refractivity contribution >= 4 is 39.3 Å². The first-order valence-electron chi connectivity index (χ1n) is 11.3. The molecule has 5 aromatic rings. The van der Waals surface area contributed by atoms with Gasteiger partial charge in [0.1, 0.15) is 5.71 Å². The molecule has 1 heterocycles. The molecule has 5 rings (SSSR count). The number of rotatable bonds is 5. The Bertz CT molecular complexity index is 1490. The average molecular weight is 448 g/mol. The number of amides is 1. The highest BCUT2D eigenvalue weighted by atomic mass is 16.7. The SMILES string of the molecule is CCn1c2ccccc2c2cc(C(=NOC(=O)N(C)c3ccccc3)c3ccccc3)ccc21. The lowest BCUT2D eigenvalue weighted by Crippen LogP contribution is -2.26. The third-order valence-corrected chi connectivity index (χ3v) is 6.04. The normalized spacial score (nSPS) is 11.6. The zero-order valence-electron chi connectivity index (χ0n) is 19.2. The molecule has 1 amide bonds. The highest BCUT2D eigenvalue weighted by Gasteiger charge is 2.16. The summed E-state index contributed by atoms with van der Waals surface area (Å²) in [6.45, 7) is 3.03. The number of carbonyl (C=O) groups is 1. The molecule has 0 fully saturated rings. The Morgan fingerprint density at radius 1 is 0.794 bits per heavy atom. The van der Waals surface area contributed by atoms with Crippen LogP contribution in [0.3, 0.4) is 0 Å². The van der Waals surface area contributed by atoms with Crippen LogP contribution in [0.1, 0.15) is 18.1 Å². The van der Waals surface area contributed by atoms with E-state index in [1.54, 1.807) is 7.05 Å². The zero-order chi connectivity index (χ0) is 23.5. The van der Waals surface area contributed by atoms with Crippen LogP contribution in [0.4, 0.5) is 10.5 Å². The number of benzene rings is 4. The molecule has 0 N–H and O–H groups in total. The minimum atomic E-state index is -0.553. The van der Waals surface area contributed by atoms with Crippen LogP contribution in [0.15, 0.2) is 108 Å². The van der Waals surface area contributed by atoms with Gasteiger partial charge in [0.15, 0.2) is 0 Å². The summed E-state index contributed by atoms with van der Waals surface area (Å²) in [7, 11) is 1.67. The molecule has 0 spiro atoms.